The number of aryl methyl sites for hydroxylation is 1. The number of hydrogen-bond acceptors (Lipinski definition) is 3. The molecule has 0 aliphatic rings. The first-order chi connectivity index (χ1) is 8.69. The molecular formula is C14H17ClN2S. The van der Waals surface area contributed by atoms with Gasteiger partial charge in [-0.2, -0.15) is 0 Å². The van der Waals surface area contributed by atoms with Crippen LogP contribution in [0.15, 0.2) is 29.6 Å². The molecule has 2 rings (SSSR count). The minimum absolute atomic E-state index is 0.273. The highest BCUT2D eigenvalue weighted by Crippen LogP contribution is 2.22. The van der Waals surface area contributed by atoms with Crippen LogP contribution in [0.2, 0.25) is 5.02 Å². The lowest BCUT2D eigenvalue weighted by atomic mass is 10.0. The average Bonchev–Trinajstić information content (AvgIpc) is 2.74. The van der Waals surface area contributed by atoms with Crippen LogP contribution in [0.1, 0.15) is 29.2 Å². The largest absolute Gasteiger partial charge is 0.310 e. The van der Waals surface area contributed by atoms with Gasteiger partial charge in [-0.1, -0.05) is 30.7 Å². The molecule has 0 spiro atoms. The maximum absolute atomic E-state index is 6.05. The van der Waals surface area contributed by atoms with E-state index in [9.17, 15) is 0 Å². The molecule has 18 heavy (non-hydrogen) atoms. The summed E-state index contributed by atoms with van der Waals surface area (Å²) >= 11 is 7.75. The summed E-state index contributed by atoms with van der Waals surface area (Å²) in [5.74, 6) is 0. The summed E-state index contributed by atoms with van der Waals surface area (Å²) in [6.45, 7) is 5.08. The van der Waals surface area contributed by atoms with E-state index in [1.807, 2.05) is 25.1 Å². The lowest BCUT2D eigenvalue weighted by Gasteiger charge is -2.17. The Bertz CT molecular complexity index is 510. The van der Waals surface area contributed by atoms with Crippen molar-refractivity contribution in [3.8, 4) is 0 Å². The van der Waals surface area contributed by atoms with Crippen LogP contribution in [0.25, 0.3) is 0 Å². The molecule has 0 saturated carbocycles. The van der Waals surface area contributed by atoms with Crippen molar-refractivity contribution >= 4 is 22.9 Å². The first kappa shape index (κ1) is 13.5. The number of nitrogens with zero attached hydrogens (tertiary/aromatic N) is 1. The second-order valence-corrected chi connectivity index (χ2v) is 5.73. The van der Waals surface area contributed by atoms with Crippen LogP contribution in [0, 0.1) is 6.92 Å². The van der Waals surface area contributed by atoms with Gasteiger partial charge in [-0.25, -0.2) is 4.98 Å². The minimum atomic E-state index is 0.273. The molecule has 1 N–H and O–H groups in total. The summed E-state index contributed by atoms with van der Waals surface area (Å²) in [7, 11) is 0. The Kier molecular flexibility index (Phi) is 4.75. The molecule has 0 bridgehead atoms. The van der Waals surface area contributed by atoms with E-state index in [0.717, 1.165) is 28.7 Å². The summed E-state index contributed by atoms with van der Waals surface area (Å²) in [6.07, 6.45) is 0.901. The van der Waals surface area contributed by atoms with Crippen molar-refractivity contribution in [3.05, 3.63) is 50.9 Å². The summed E-state index contributed by atoms with van der Waals surface area (Å²) in [4.78, 5) is 4.53. The van der Waals surface area contributed by atoms with Crippen LogP contribution in [0.5, 0.6) is 0 Å². The molecule has 1 atom stereocenters. The normalized spacial score (nSPS) is 12.6. The van der Waals surface area contributed by atoms with Crippen molar-refractivity contribution in [3.63, 3.8) is 0 Å². The highest BCUT2D eigenvalue weighted by molar-refractivity contribution is 7.09. The predicted molar refractivity (Wildman–Crippen MR) is 78.4 cm³/mol. The topological polar surface area (TPSA) is 24.9 Å². The van der Waals surface area contributed by atoms with Crippen LogP contribution in [0.4, 0.5) is 0 Å². The van der Waals surface area contributed by atoms with E-state index in [4.69, 9.17) is 11.6 Å². The van der Waals surface area contributed by atoms with Gasteiger partial charge >= 0.3 is 0 Å². The van der Waals surface area contributed by atoms with Gasteiger partial charge in [-0.05, 0) is 31.2 Å². The Morgan fingerprint density at radius 1 is 1.44 bits per heavy atom. The molecule has 0 fully saturated rings. The third-order valence-electron chi connectivity index (χ3n) is 2.78. The highest BCUT2D eigenvalue weighted by atomic mass is 35.5. The Morgan fingerprint density at radius 2 is 2.28 bits per heavy atom. The maximum atomic E-state index is 6.05. The molecule has 1 unspecified atom stereocenters. The standard InChI is InChI=1S/C14H17ClN2S/c1-3-16-14(8-13-9-18-10(2)17-13)11-5-4-6-12(15)7-11/h4-7,9,14,16H,3,8H2,1-2H3. The van der Waals surface area contributed by atoms with Gasteiger partial charge in [0.05, 0.1) is 10.7 Å². The average molecular weight is 281 g/mol. The van der Waals surface area contributed by atoms with Gasteiger partial charge in [0.25, 0.3) is 0 Å². The van der Waals surface area contributed by atoms with E-state index in [2.05, 4.69) is 28.7 Å². The zero-order valence-electron chi connectivity index (χ0n) is 10.6. The van der Waals surface area contributed by atoms with Crippen LogP contribution in [-0.4, -0.2) is 11.5 Å². The van der Waals surface area contributed by atoms with E-state index < -0.39 is 0 Å². The summed E-state index contributed by atoms with van der Waals surface area (Å²) in [5.41, 5.74) is 2.36. The molecule has 0 saturated heterocycles. The van der Waals surface area contributed by atoms with Crippen molar-refractivity contribution in [2.24, 2.45) is 0 Å². The van der Waals surface area contributed by atoms with Crippen LogP contribution < -0.4 is 5.32 Å². The van der Waals surface area contributed by atoms with Crippen LogP contribution in [0.3, 0.4) is 0 Å². The maximum Gasteiger partial charge on any atom is 0.0897 e. The van der Waals surface area contributed by atoms with Crippen LogP contribution >= 0.6 is 22.9 Å². The molecule has 96 valence electrons. The van der Waals surface area contributed by atoms with Gasteiger partial charge in [-0.3, -0.25) is 0 Å². The third-order valence-corrected chi connectivity index (χ3v) is 3.84. The lowest BCUT2D eigenvalue weighted by Crippen LogP contribution is -2.23. The number of nitrogens with one attached hydrogen (secondary N) is 1. The highest BCUT2D eigenvalue weighted by Gasteiger charge is 2.13. The number of thiazole rings is 1. The molecule has 2 aromatic rings. The predicted octanol–water partition coefficient (Wildman–Crippen LogP) is 4.00. The first-order valence-electron chi connectivity index (χ1n) is 6.09. The fraction of sp³-hybridized carbons (Fsp3) is 0.357. The molecule has 1 aromatic heterocycles. The summed E-state index contributed by atoms with van der Waals surface area (Å²) in [5, 5.41) is 7.52. The monoisotopic (exact) mass is 280 g/mol. The molecule has 2 nitrogen and oxygen atoms in total. The summed E-state index contributed by atoms with van der Waals surface area (Å²) in [6, 6.07) is 8.30. The van der Waals surface area contributed by atoms with Crippen molar-refractivity contribution in [2.45, 2.75) is 26.3 Å². The second kappa shape index (κ2) is 6.32. The number of halogens is 1. The zero-order chi connectivity index (χ0) is 13.0. The van der Waals surface area contributed by atoms with Crippen molar-refractivity contribution < 1.29 is 0 Å². The molecular weight excluding hydrogens is 264 g/mol. The molecule has 1 heterocycles. The van der Waals surface area contributed by atoms with E-state index in [0.29, 0.717) is 0 Å². The number of aromatic nitrogens is 1. The smallest absolute Gasteiger partial charge is 0.0897 e. The molecule has 1 aromatic carbocycles. The minimum Gasteiger partial charge on any atom is -0.310 e. The van der Waals surface area contributed by atoms with Gasteiger partial charge in [0.1, 0.15) is 0 Å². The van der Waals surface area contributed by atoms with Gasteiger partial charge in [-0.15, -0.1) is 11.3 Å². The number of benzene rings is 1. The molecule has 0 radical (unpaired) electrons. The third kappa shape index (κ3) is 3.55. The van der Waals surface area contributed by atoms with E-state index in [-0.39, 0.29) is 6.04 Å². The van der Waals surface area contributed by atoms with Crippen LogP contribution in [-0.2, 0) is 6.42 Å². The Hall–Kier alpha value is -0.900. The number of likely N-dealkylation sites (N-methyl/N-ethyl adjacent to an activating group) is 1. The van der Waals surface area contributed by atoms with E-state index in [1.54, 1.807) is 11.3 Å². The second-order valence-electron chi connectivity index (χ2n) is 4.23. The number of rotatable bonds is 5. The van der Waals surface area contributed by atoms with Crippen molar-refractivity contribution in [2.75, 3.05) is 6.54 Å². The fourth-order valence-corrected chi connectivity index (χ4v) is 2.81. The fourth-order valence-electron chi connectivity index (χ4n) is 1.99. The first-order valence-corrected chi connectivity index (χ1v) is 7.34. The van der Waals surface area contributed by atoms with E-state index >= 15 is 0 Å². The van der Waals surface area contributed by atoms with Gasteiger partial charge in [0.15, 0.2) is 0 Å². The Labute approximate surface area is 117 Å². The molecule has 4 heteroatoms. The van der Waals surface area contributed by atoms with E-state index in [1.165, 1.54) is 5.56 Å². The number of hydrogen-bond donors (Lipinski definition) is 1. The van der Waals surface area contributed by atoms with Gasteiger partial charge in [0.2, 0.25) is 0 Å². The summed E-state index contributed by atoms with van der Waals surface area (Å²) < 4.78 is 0. The SMILES string of the molecule is CCNC(Cc1csc(C)n1)c1cccc(Cl)c1. The lowest BCUT2D eigenvalue weighted by molar-refractivity contribution is 0.545. The zero-order valence-corrected chi connectivity index (χ0v) is 12.2. The molecule has 0 amide bonds. The Morgan fingerprint density at radius 3 is 2.89 bits per heavy atom. The van der Waals surface area contributed by atoms with Gasteiger partial charge in [0, 0.05) is 22.9 Å². The molecule has 0 aliphatic heterocycles. The molecule has 0 aliphatic carbocycles. The van der Waals surface area contributed by atoms with Crippen molar-refractivity contribution in [1.82, 2.24) is 10.3 Å². The quantitative estimate of drug-likeness (QED) is 0.895. The Balaban J connectivity index is 2.17. The van der Waals surface area contributed by atoms with Gasteiger partial charge < -0.3 is 5.32 Å². The van der Waals surface area contributed by atoms with Crippen molar-refractivity contribution in [1.29, 1.82) is 0 Å².